The van der Waals surface area contributed by atoms with Crippen molar-refractivity contribution in [2.24, 2.45) is 11.3 Å². The predicted octanol–water partition coefficient (Wildman–Crippen LogP) is 5.30. The number of aryl methyl sites for hydroxylation is 1. The van der Waals surface area contributed by atoms with Crippen LogP contribution in [0, 0.1) is 11.3 Å². The third kappa shape index (κ3) is 7.05. The first-order chi connectivity index (χ1) is 20.5. The van der Waals surface area contributed by atoms with Crippen molar-refractivity contribution in [2.45, 2.75) is 136 Å². The van der Waals surface area contributed by atoms with Gasteiger partial charge in [0.15, 0.2) is 12.2 Å². The predicted molar refractivity (Wildman–Crippen MR) is 160 cm³/mol. The van der Waals surface area contributed by atoms with Crippen LogP contribution in [0.5, 0.6) is 5.75 Å². The Kier molecular flexibility index (Phi) is 10.0. The van der Waals surface area contributed by atoms with Gasteiger partial charge in [-0.15, -0.1) is 0 Å². The molecule has 1 aliphatic heterocycles. The normalized spacial score (nSPS) is 30.8. The van der Waals surface area contributed by atoms with Gasteiger partial charge in [0.05, 0.1) is 0 Å². The fraction of sp³-hybridized carbons (Fsp3) is 0.706. The van der Waals surface area contributed by atoms with E-state index in [4.69, 9.17) is 28.4 Å². The molecule has 1 aromatic carbocycles. The SMILES string of the molecule is CC(=O)OC[C@H]1O[C@@H](Oc2cc3c(cc2C(C)C)CC[C@H]2C(C)(C)CCC[C@]32C)[C@H](OC(C)=O)[C@@H](OC(C)=O)[C@H]1OC(C)=O. The summed E-state index contributed by atoms with van der Waals surface area (Å²) in [6, 6.07) is 4.34. The lowest BCUT2D eigenvalue weighted by molar-refractivity contribution is -0.288. The molecule has 3 aliphatic rings. The minimum atomic E-state index is -1.29. The number of ether oxygens (including phenoxy) is 6. The van der Waals surface area contributed by atoms with Crippen LogP contribution in [0.3, 0.4) is 0 Å². The largest absolute Gasteiger partial charge is 0.463 e. The van der Waals surface area contributed by atoms with Crippen LogP contribution in [0.15, 0.2) is 12.1 Å². The molecule has 0 bridgehead atoms. The molecule has 0 radical (unpaired) electrons. The summed E-state index contributed by atoms with van der Waals surface area (Å²) in [5.41, 5.74) is 3.71. The molecule has 4 rings (SSSR count). The van der Waals surface area contributed by atoms with E-state index in [9.17, 15) is 19.2 Å². The van der Waals surface area contributed by atoms with Crippen molar-refractivity contribution in [3.63, 3.8) is 0 Å². The zero-order valence-corrected chi connectivity index (χ0v) is 27.5. The van der Waals surface area contributed by atoms with Crippen LogP contribution in [-0.2, 0) is 54.7 Å². The van der Waals surface area contributed by atoms with Gasteiger partial charge < -0.3 is 28.4 Å². The van der Waals surface area contributed by atoms with Gasteiger partial charge in [0.1, 0.15) is 18.5 Å². The van der Waals surface area contributed by atoms with Crippen molar-refractivity contribution >= 4 is 23.9 Å². The molecule has 10 nitrogen and oxygen atoms in total. The molecule has 2 aliphatic carbocycles. The van der Waals surface area contributed by atoms with E-state index in [1.807, 2.05) is 0 Å². The molecule has 0 N–H and O–H groups in total. The minimum absolute atomic E-state index is 0.0375. The lowest BCUT2D eigenvalue weighted by atomic mass is 9.50. The molecule has 1 saturated carbocycles. The maximum atomic E-state index is 12.3. The summed E-state index contributed by atoms with van der Waals surface area (Å²) in [5, 5.41) is 0. The first-order valence-corrected chi connectivity index (χ1v) is 15.7. The fourth-order valence-electron chi connectivity index (χ4n) is 7.80. The molecule has 7 atom stereocenters. The summed E-state index contributed by atoms with van der Waals surface area (Å²) in [6.45, 7) is 15.8. The summed E-state index contributed by atoms with van der Waals surface area (Å²) in [4.78, 5) is 48.5. The number of hydrogen-bond acceptors (Lipinski definition) is 10. The third-order valence-corrected chi connectivity index (χ3v) is 9.60. The molecule has 2 fully saturated rings. The Morgan fingerprint density at radius 3 is 2.07 bits per heavy atom. The number of esters is 4. The lowest BCUT2D eigenvalue weighted by Crippen LogP contribution is -2.63. The van der Waals surface area contributed by atoms with Crippen molar-refractivity contribution in [3.05, 3.63) is 28.8 Å². The molecule has 10 heteroatoms. The summed E-state index contributed by atoms with van der Waals surface area (Å²) in [7, 11) is 0. The second-order valence-electron chi connectivity index (χ2n) is 13.7. The lowest BCUT2D eigenvalue weighted by Gasteiger charge is -2.54. The van der Waals surface area contributed by atoms with E-state index in [2.05, 4.69) is 46.8 Å². The summed E-state index contributed by atoms with van der Waals surface area (Å²) in [5.74, 6) is -1.43. The van der Waals surface area contributed by atoms with E-state index in [-0.39, 0.29) is 23.4 Å². The quantitative estimate of drug-likeness (QED) is 0.281. The Labute approximate surface area is 260 Å². The third-order valence-electron chi connectivity index (χ3n) is 9.60. The summed E-state index contributed by atoms with van der Waals surface area (Å²) < 4.78 is 34.9. The van der Waals surface area contributed by atoms with Crippen LogP contribution in [0.25, 0.3) is 0 Å². The van der Waals surface area contributed by atoms with Crippen LogP contribution in [-0.4, -0.2) is 61.2 Å². The Bertz CT molecular complexity index is 1270. The Morgan fingerprint density at radius 2 is 1.48 bits per heavy atom. The molecule has 0 aromatic heterocycles. The van der Waals surface area contributed by atoms with Gasteiger partial charge in [0.25, 0.3) is 0 Å². The highest BCUT2D eigenvalue weighted by atomic mass is 16.7. The summed E-state index contributed by atoms with van der Waals surface area (Å²) in [6.07, 6.45) is -0.645. The van der Waals surface area contributed by atoms with Crippen LogP contribution in [0.1, 0.15) is 111 Å². The average molecular weight is 617 g/mol. The second kappa shape index (κ2) is 13.1. The van der Waals surface area contributed by atoms with Gasteiger partial charge >= 0.3 is 23.9 Å². The number of fused-ring (bicyclic) bond motifs is 3. The topological polar surface area (TPSA) is 124 Å². The highest BCUT2D eigenvalue weighted by Crippen LogP contribution is 2.58. The van der Waals surface area contributed by atoms with Gasteiger partial charge in [-0.2, -0.15) is 0 Å². The first-order valence-electron chi connectivity index (χ1n) is 15.7. The Balaban J connectivity index is 1.81. The van der Waals surface area contributed by atoms with Crippen LogP contribution >= 0.6 is 0 Å². The molecule has 0 spiro atoms. The fourth-order valence-corrected chi connectivity index (χ4v) is 7.80. The molecule has 244 valence electrons. The van der Waals surface area contributed by atoms with E-state index in [0.717, 1.165) is 31.2 Å². The van der Waals surface area contributed by atoms with Crippen LogP contribution < -0.4 is 4.74 Å². The highest BCUT2D eigenvalue weighted by molar-refractivity contribution is 5.68. The van der Waals surface area contributed by atoms with E-state index < -0.39 is 54.6 Å². The maximum Gasteiger partial charge on any atom is 0.303 e. The number of carbonyl (C=O) groups excluding carboxylic acids is 4. The molecular formula is C34H48O10. The van der Waals surface area contributed by atoms with E-state index in [0.29, 0.717) is 11.7 Å². The van der Waals surface area contributed by atoms with Crippen molar-refractivity contribution < 1.29 is 47.6 Å². The number of rotatable bonds is 8. The minimum Gasteiger partial charge on any atom is -0.463 e. The van der Waals surface area contributed by atoms with E-state index >= 15 is 0 Å². The second-order valence-corrected chi connectivity index (χ2v) is 13.7. The molecule has 1 saturated heterocycles. The summed E-state index contributed by atoms with van der Waals surface area (Å²) >= 11 is 0. The van der Waals surface area contributed by atoms with Gasteiger partial charge in [0, 0.05) is 27.7 Å². The van der Waals surface area contributed by atoms with Crippen molar-refractivity contribution in [2.75, 3.05) is 6.61 Å². The van der Waals surface area contributed by atoms with Crippen LogP contribution in [0.4, 0.5) is 0 Å². The zero-order chi connectivity index (χ0) is 32.6. The first kappa shape index (κ1) is 33.7. The Morgan fingerprint density at radius 1 is 0.864 bits per heavy atom. The molecule has 1 heterocycles. The van der Waals surface area contributed by atoms with Gasteiger partial charge in [0.2, 0.25) is 12.4 Å². The zero-order valence-electron chi connectivity index (χ0n) is 27.5. The van der Waals surface area contributed by atoms with Crippen molar-refractivity contribution in [3.8, 4) is 5.75 Å². The highest BCUT2D eigenvalue weighted by Gasteiger charge is 2.54. The van der Waals surface area contributed by atoms with Crippen LogP contribution in [0.2, 0.25) is 0 Å². The molecule has 0 amide bonds. The Hall–Kier alpha value is -3.14. The standard InChI is InChI=1S/C34H48O10/c1-18(2)24-15-23-11-12-28-33(7,8)13-10-14-34(28,9)25(23)16-26(24)43-32-31(42-22(6)38)30(41-21(5)37)29(40-20(4)36)27(44-32)17-39-19(3)35/h15-16,18,27-32H,10-14,17H2,1-9H3/t27-,28+,29+,30+,31-,32-,34-/m1/s1. The molecule has 1 aromatic rings. The maximum absolute atomic E-state index is 12.3. The molecule has 44 heavy (non-hydrogen) atoms. The van der Waals surface area contributed by atoms with Crippen molar-refractivity contribution in [1.29, 1.82) is 0 Å². The smallest absolute Gasteiger partial charge is 0.303 e. The molecule has 0 unspecified atom stereocenters. The number of benzene rings is 1. The van der Waals surface area contributed by atoms with Gasteiger partial charge in [-0.25, -0.2) is 0 Å². The number of carbonyl (C=O) groups is 4. The van der Waals surface area contributed by atoms with Gasteiger partial charge in [-0.05, 0) is 71.1 Å². The van der Waals surface area contributed by atoms with E-state index in [1.54, 1.807) is 0 Å². The van der Waals surface area contributed by atoms with Crippen molar-refractivity contribution in [1.82, 2.24) is 0 Å². The number of hydrogen-bond donors (Lipinski definition) is 0. The van der Waals surface area contributed by atoms with Gasteiger partial charge in [-0.3, -0.25) is 19.2 Å². The van der Waals surface area contributed by atoms with E-state index in [1.165, 1.54) is 45.2 Å². The average Bonchev–Trinajstić information content (AvgIpc) is 2.89. The van der Waals surface area contributed by atoms with Gasteiger partial charge in [-0.1, -0.05) is 47.1 Å². The molecular weight excluding hydrogens is 568 g/mol. The monoisotopic (exact) mass is 616 g/mol.